The zero-order chi connectivity index (χ0) is 28.5. The van der Waals surface area contributed by atoms with E-state index in [2.05, 4.69) is 13.8 Å². The fraction of sp³-hybridized carbons (Fsp3) is 1.00. The molecule has 0 bridgehead atoms. The Bertz CT molecular complexity index is 484. The molecule has 0 aliphatic carbocycles. The second-order valence-corrected chi connectivity index (χ2v) is 14.7. The summed E-state index contributed by atoms with van der Waals surface area (Å²) >= 11 is 0. The summed E-state index contributed by atoms with van der Waals surface area (Å²) in [5, 5.41) is 0. The van der Waals surface area contributed by atoms with E-state index in [0.29, 0.717) is 0 Å². The molecule has 2 rings (SSSR count). The quantitative estimate of drug-likeness (QED) is 0.0628. The molecule has 238 valence electrons. The summed E-state index contributed by atoms with van der Waals surface area (Å²) in [5.41, 5.74) is 0. The second kappa shape index (κ2) is 24.4. The number of nitrogens with zero attached hydrogens (tertiary/aromatic N) is 2. The van der Waals surface area contributed by atoms with Gasteiger partial charge in [-0.15, -0.1) is 0 Å². The first kappa shape index (κ1) is 36.1. The van der Waals surface area contributed by atoms with Crippen LogP contribution in [0.5, 0.6) is 0 Å². The van der Waals surface area contributed by atoms with Crippen LogP contribution >= 0.6 is 0 Å². The predicted molar refractivity (Wildman–Crippen MR) is 180 cm³/mol. The maximum atomic E-state index is 2.32. The summed E-state index contributed by atoms with van der Waals surface area (Å²) in [6.45, 7) is 16.6. The number of likely N-dealkylation sites (tertiary alicyclic amines) is 2. The Kier molecular flexibility index (Phi) is 22.0. The zero-order valence-electron chi connectivity index (χ0n) is 28.4. The molecule has 2 fully saturated rings. The fourth-order valence-corrected chi connectivity index (χ4v) is 8.25. The van der Waals surface area contributed by atoms with Crippen LogP contribution in [0.2, 0.25) is 0 Å². The minimum absolute atomic E-state index is 1.37. The second-order valence-electron chi connectivity index (χ2n) is 14.7. The molecule has 2 nitrogen and oxygen atoms in total. The third-order valence-electron chi connectivity index (χ3n) is 11.0. The van der Waals surface area contributed by atoms with Crippen molar-refractivity contribution >= 4 is 0 Å². The molecule has 2 heteroatoms. The summed E-state index contributed by atoms with van der Waals surface area (Å²) in [5.74, 6) is 0. The van der Waals surface area contributed by atoms with E-state index in [0.717, 1.165) is 0 Å². The van der Waals surface area contributed by atoms with Gasteiger partial charge in [0.15, 0.2) is 0 Å². The van der Waals surface area contributed by atoms with Gasteiger partial charge in [0, 0.05) is 25.7 Å². The summed E-state index contributed by atoms with van der Waals surface area (Å²) in [6, 6.07) is 0. The lowest BCUT2D eigenvalue weighted by Gasteiger charge is -2.35. The number of rotatable bonds is 29. The molecule has 0 unspecified atom stereocenters. The highest BCUT2D eigenvalue weighted by atomic mass is 15.4. The Morgan fingerprint density at radius 3 is 0.700 bits per heavy atom. The lowest BCUT2D eigenvalue weighted by molar-refractivity contribution is -0.917. The maximum Gasteiger partial charge on any atom is 0.0788 e. The van der Waals surface area contributed by atoms with Crippen LogP contribution < -0.4 is 0 Å². The largest absolute Gasteiger partial charge is 0.324 e. The van der Waals surface area contributed by atoms with Crippen LogP contribution in [0.15, 0.2) is 0 Å². The maximum absolute atomic E-state index is 2.32. The fourth-order valence-electron chi connectivity index (χ4n) is 8.25. The number of unbranched alkanes of at least 4 members (excludes halogenated alkanes) is 21. The van der Waals surface area contributed by atoms with Crippen molar-refractivity contribution in [1.82, 2.24) is 0 Å². The van der Waals surface area contributed by atoms with E-state index in [9.17, 15) is 0 Å². The topological polar surface area (TPSA) is 0 Å². The smallest absolute Gasteiger partial charge is 0.0788 e. The third-order valence-corrected chi connectivity index (χ3v) is 11.0. The molecule has 0 N–H and O–H groups in total. The molecule has 0 atom stereocenters. The molecule has 0 aromatic rings. The van der Waals surface area contributed by atoms with Crippen molar-refractivity contribution in [1.29, 1.82) is 0 Å². The number of hydrogen-bond donors (Lipinski definition) is 0. The van der Waals surface area contributed by atoms with E-state index in [1.54, 1.807) is 0 Å². The first-order chi connectivity index (χ1) is 19.7. The Hall–Kier alpha value is -0.0800. The lowest BCUT2D eigenvalue weighted by atomic mass is 10.1. The van der Waals surface area contributed by atoms with Gasteiger partial charge in [0.05, 0.1) is 52.4 Å². The molecule has 0 aromatic heterocycles. The summed E-state index contributed by atoms with van der Waals surface area (Å²) in [4.78, 5) is 0. The SMILES string of the molecule is CCCCCCCCCCCC[N+]1(CCCCCC[N+]2(CCCCCCCCCCCC)CCCC2)CCCC1. The summed E-state index contributed by atoms with van der Waals surface area (Å²) < 4.78 is 2.99. The Morgan fingerprint density at radius 2 is 0.475 bits per heavy atom. The summed E-state index contributed by atoms with van der Waals surface area (Å²) in [6.07, 6.45) is 41.4. The van der Waals surface area contributed by atoms with Crippen molar-refractivity contribution in [3.05, 3.63) is 0 Å². The average molecular weight is 563 g/mol. The van der Waals surface area contributed by atoms with Crippen LogP contribution in [-0.4, -0.2) is 61.3 Å². The van der Waals surface area contributed by atoms with Gasteiger partial charge in [-0.05, 0) is 51.4 Å². The minimum Gasteiger partial charge on any atom is -0.324 e. The van der Waals surface area contributed by atoms with Crippen LogP contribution in [0.25, 0.3) is 0 Å². The molecule has 0 amide bonds. The molecule has 2 saturated heterocycles. The number of hydrogen-bond acceptors (Lipinski definition) is 0. The molecule has 0 aromatic carbocycles. The highest BCUT2D eigenvalue weighted by Gasteiger charge is 2.32. The molecule has 0 radical (unpaired) electrons. The molecule has 40 heavy (non-hydrogen) atoms. The first-order valence-electron chi connectivity index (χ1n) is 19.4. The van der Waals surface area contributed by atoms with Gasteiger partial charge in [0.25, 0.3) is 0 Å². The molecule has 0 saturated carbocycles. The highest BCUT2D eigenvalue weighted by molar-refractivity contribution is 4.60. The lowest BCUT2D eigenvalue weighted by Crippen LogP contribution is -2.47. The standard InChI is InChI=1S/C38H78N2/c1-3-5-7-9-11-13-15-17-19-23-31-39(35-27-28-36-39)33-25-21-22-26-34-40(37-29-30-38-40)32-24-20-18-16-14-12-10-8-6-4-2/h3-38H2,1-2H3/q+2. The molecule has 2 heterocycles. The van der Waals surface area contributed by atoms with Crippen molar-refractivity contribution in [3.8, 4) is 0 Å². The molecule has 2 aliphatic heterocycles. The predicted octanol–water partition coefficient (Wildman–Crippen LogP) is 11.6. The van der Waals surface area contributed by atoms with Gasteiger partial charge in [0.2, 0.25) is 0 Å². The zero-order valence-corrected chi connectivity index (χ0v) is 28.4. The van der Waals surface area contributed by atoms with E-state index in [1.165, 1.54) is 241 Å². The van der Waals surface area contributed by atoms with E-state index in [4.69, 9.17) is 0 Å². The van der Waals surface area contributed by atoms with Crippen molar-refractivity contribution in [2.45, 2.75) is 194 Å². The van der Waals surface area contributed by atoms with Crippen LogP contribution in [0.3, 0.4) is 0 Å². The Labute approximate surface area is 254 Å². The van der Waals surface area contributed by atoms with Crippen molar-refractivity contribution in [3.63, 3.8) is 0 Å². The monoisotopic (exact) mass is 563 g/mol. The van der Waals surface area contributed by atoms with Gasteiger partial charge in [-0.2, -0.15) is 0 Å². The van der Waals surface area contributed by atoms with Gasteiger partial charge in [0.1, 0.15) is 0 Å². The Morgan fingerprint density at radius 1 is 0.275 bits per heavy atom. The normalized spacial score (nSPS) is 18.1. The van der Waals surface area contributed by atoms with Crippen LogP contribution in [0, 0.1) is 0 Å². The first-order valence-corrected chi connectivity index (χ1v) is 19.4. The Balaban J connectivity index is 1.48. The number of quaternary nitrogens is 2. The molecular weight excluding hydrogens is 484 g/mol. The van der Waals surface area contributed by atoms with Crippen molar-refractivity contribution in [2.24, 2.45) is 0 Å². The summed E-state index contributed by atoms with van der Waals surface area (Å²) in [7, 11) is 0. The van der Waals surface area contributed by atoms with Crippen LogP contribution in [0.1, 0.15) is 194 Å². The van der Waals surface area contributed by atoms with Gasteiger partial charge in [-0.1, -0.05) is 117 Å². The van der Waals surface area contributed by atoms with Gasteiger partial charge in [-0.3, -0.25) is 0 Å². The van der Waals surface area contributed by atoms with E-state index < -0.39 is 0 Å². The molecular formula is C38H78N2+2. The van der Waals surface area contributed by atoms with E-state index in [1.807, 2.05) is 0 Å². The van der Waals surface area contributed by atoms with Crippen LogP contribution in [-0.2, 0) is 0 Å². The highest BCUT2D eigenvalue weighted by Crippen LogP contribution is 2.25. The average Bonchev–Trinajstić information content (AvgIpc) is 3.63. The van der Waals surface area contributed by atoms with Gasteiger partial charge in [-0.25, -0.2) is 0 Å². The molecule has 0 spiro atoms. The minimum atomic E-state index is 1.37. The van der Waals surface area contributed by atoms with Crippen LogP contribution in [0.4, 0.5) is 0 Å². The third kappa shape index (κ3) is 17.1. The van der Waals surface area contributed by atoms with Gasteiger partial charge >= 0.3 is 0 Å². The van der Waals surface area contributed by atoms with Crippen molar-refractivity contribution < 1.29 is 8.97 Å². The molecule has 2 aliphatic rings. The van der Waals surface area contributed by atoms with E-state index >= 15 is 0 Å². The van der Waals surface area contributed by atoms with Crippen molar-refractivity contribution in [2.75, 3.05) is 52.4 Å². The van der Waals surface area contributed by atoms with Gasteiger partial charge < -0.3 is 8.97 Å². The van der Waals surface area contributed by atoms with E-state index in [-0.39, 0.29) is 0 Å².